The number of carbonyl (C=O) groups excluding carboxylic acids is 3. The average Bonchev–Trinajstić information content (AvgIpc) is 2.80. The van der Waals surface area contributed by atoms with E-state index in [2.05, 4.69) is 10.6 Å². The number of nitrogens with one attached hydrogen (secondary N) is 2. The van der Waals surface area contributed by atoms with Gasteiger partial charge in [0.15, 0.2) is 0 Å². The van der Waals surface area contributed by atoms with Crippen molar-refractivity contribution in [2.75, 3.05) is 6.54 Å². The Labute approximate surface area is 151 Å². The Bertz CT molecular complexity index is 703. The number of benzene rings is 1. The molecular formula is C18H22ClN3O3. The first-order valence-electron chi connectivity index (χ1n) is 8.60. The van der Waals surface area contributed by atoms with E-state index in [9.17, 15) is 14.4 Å². The third-order valence-corrected chi connectivity index (χ3v) is 5.29. The van der Waals surface area contributed by atoms with Crippen molar-refractivity contribution >= 4 is 29.4 Å². The fourth-order valence-corrected chi connectivity index (χ4v) is 3.88. The van der Waals surface area contributed by atoms with Crippen molar-refractivity contribution in [1.29, 1.82) is 0 Å². The Morgan fingerprint density at radius 2 is 1.96 bits per heavy atom. The van der Waals surface area contributed by atoms with Crippen LogP contribution in [0, 0.1) is 0 Å². The van der Waals surface area contributed by atoms with E-state index in [0.717, 1.165) is 30.6 Å². The molecular weight excluding hydrogens is 342 g/mol. The topological polar surface area (TPSA) is 78.5 Å². The van der Waals surface area contributed by atoms with Gasteiger partial charge in [0.05, 0.1) is 0 Å². The molecule has 25 heavy (non-hydrogen) atoms. The fraction of sp³-hybridized carbons (Fsp3) is 0.500. The standard InChI is InChI=1S/C18H22ClN3O3/c1-18(13-9-5-6-10-14(13)19)16(24)22(17(25)21-18)11-15(23)20-12-7-3-2-4-8-12/h5-6,9-10,12H,2-4,7-8,11H2,1H3,(H,20,23)(H,21,25). The highest BCUT2D eigenvalue weighted by Gasteiger charge is 2.50. The van der Waals surface area contributed by atoms with E-state index < -0.39 is 17.5 Å². The molecule has 2 fully saturated rings. The quantitative estimate of drug-likeness (QED) is 0.807. The number of amides is 4. The summed E-state index contributed by atoms with van der Waals surface area (Å²) >= 11 is 6.19. The van der Waals surface area contributed by atoms with Gasteiger partial charge in [-0.25, -0.2) is 4.79 Å². The van der Waals surface area contributed by atoms with E-state index in [1.54, 1.807) is 31.2 Å². The van der Waals surface area contributed by atoms with E-state index in [1.807, 2.05) is 0 Å². The maximum atomic E-state index is 12.8. The molecule has 0 bridgehead atoms. The van der Waals surface area contributed by atoms with E-state index in [1.165, 1.54) is 6.42 Å². The lowest BCUT2D eigenvalue weighted by Crippen LogP contribution is -2.46. The van der Waals surface area contributed by atoms with Crippen LogP contribution < -0.4 is 10.6 Å². The Kier molecular flexibility index (Phi) is 4.99. The van der Waals surface area contributed by atoms with Crippen LogP contribution in [0.1, 0.15) is 44.6 Å². The molecule has 1 aliphatic heterocycles. The molecule has 134 valence electrons. The fourth-order valence-electron chi connectivity index (χ4n) is 3.55. The first-order valence-corrected chi connectivity index (χ1v) is 8.98. The Hall–Kier alpha value is -2.08. The van der Waals surface area contributed by atoms with E-state index >= 15 is 0 Å². The highest BCUT2D eigenvalue weighted by molar-refractivity contribution is 6.32. The van der Waals surface area contributed by atoms with Crippen LogP contribution in [-0.4, -0.2) is 35.3 Å². The summed E-state index contributed by atoms with van der Waals surface area (Å²) in [5.74, 6) is -0.775. The van der Waals surface area contributed by atoms with Gasteiger partial charge in [-0.2, -0.15) is 0 Å². The van der Waals surface area contributed by atoms with Crippen LogP contribution in [0.25, 0.3) is 0 Å². The lowest BCUT2D eigenvalue weighted by atomic mass is 9.92. The summed E-state index contributed by atoms with van der Waals surface area (Å²) in [5, 5.41) is 5.99. The summed E-state index contributed by atoms with van der Waals surface area (Å²) in [4.78, 5) is 38.3. The number of carbonyl (C=O) groups is 3. The largest absolute Gasteiger partial charge is 0.352 e. The molecule has 1 heterocycles. The molecule has 1 atom stereocenters. The number of hydrogen-bond donors (Lipinski definition) is 2. The number of nitrogens with zero attached hydrogens (tertiary/aromatic N) is 1. The van der Waals surface area contributed by atoms with Gasteiger partial charge in [-0.15, -0.1) is 0 Å². The van der Waals surface area contributed by atoms with Crippen LogP contribution in [0.5, 0.6) is 0 Å². The van der Waals surface area contributed by atoms with Crippen LogP contribution in [0.15, 0.2) is 24.3 Å². The predicted octanol–water partition coefficient (Wildman–Crippen LogP) is 2.56. The lowest BCUT2D eigenvalue weighted by molar-refractivity contribution is -0.135. The first kappa shape index (κ1) is 17.7. The maximum Gasteiger partial charge on any atom is 0.325 e. The molecule has 2 N–H and O–H groups in total. The smallest absolute Gasteiger partial charge is 0.325 e. The highest BCUT2D eigenvalue weighted by atomic mass is 35.5. The van der Waals surface area contributed by atoms with Gasteiger partial charge in [0.25, 0.3) is 5.91 Å². The van der Waals surface area contributed by atoms with E-state index in [0.29, 0.717) is 10.6 Å². The van der Waals surface area contributed by atoms with Gasteiger partial charge in [0.1, 0.15) is 12.1 Å². The van der Waals surface area contributed by atoms with Crippen LogP contribution >= 0.6 is 11.6 Å². The molecule has 0 radical (unpaired) electrons. The van der Waals surface area contributed by atoms with Gasteiger partial charge in [-0.05, 0) is 25.8 Å². The van der Waals surface area contributed by atoms with Gasteiger partial charge in [-0.1, -0.05) is 49.1 Å². The van der Waals surface area contributed by atoms with Crippen LogP contribution in [0.4, 0.5) is 4.79 Å². The Morgan fingerprint density at radius 3 is 2.64 bits per heavy atom. The average molecular weight is 364 g/mol. The van der Waals surface area contributed by atoms with Crippen molar-refractivity contribution in [3.63, 3.8) is 0 Å². The van der Waals surface area contributed by atoms with Crippen LogP contribution in [0.2, 0.25) is 5.02 Å². The molecule has 4 amide bonds. The van der Waals surface area contributed by atoms with E-state index in [4.69, 9.17) is 11.6 Å². The maximum absolute atomic E-state index is 12.8. The second-order valence-electron chi connectivity index (χ2n) is 6.83. The van der Waals surface area contributed by atoms with Gasteiger partial charge in [0, 0.05) is 16.6 Å². The van der Waals surface area contributed by atoms with Crippen LogP contribution in [0.3, 0.4) is 0 Å². The molecule has 3 rings (SSSR count). The van der Waals surface area contributed by atoms with Gasteiger partial charge < -0.3 is 10.6 Å². The Balaban J connectivity index is 1.71. The number of rotatable bonds is 4. The molecule has 0 spiro atoms. The predicted molar refractivity (Wildman–Crippen MR) is 94.1 cm³/mol. The molecule has 1 aliphatic carbocycles. The van der Waals surface area contributed by atoms with Crippen molar-refractivity contribution < 1.29 is 14.4 Å². The number of imide groups is 1. The van der Waals surface area contributed by atoms with Crippen molar-refractivity contribution in [3.8, 4) is 0 Å². The molecule has 1 saturated carbocycles. The molecule has 1 aromatic carbocycles. The normalized spacial score (nSPS) is 24.3. The van der Waals surface area contributed by atoms with Crippen molar-refractivity contribution in [2.24, 2.45) is 0 Å². The summed E-state index contributed by atoms with van der Waals surface area (Å²) in [6.45, 7) is 1.33. The number of halogens is 1. The minimum Gasteiger partial charge on any atom is -0.352 e. The lowest BCUT2D eigenvalue weighted by Gasteiger charge is -2.25. The van der Waals surface area contributed by atoms with Crippen molar-refractivity contribution in [3.05, 3.63) is 34.9 Å². The highest BCUT2D eigenvalue weighted by Crippen LogP contribution is 2.33. The molecule has 6 nitrogen and oxygen atoms in total. The van der Waals surface area contributed by atoms with Gasteiger partial charge in [0.2, 0.25) is 5.91 Å². The molecule has 1 unspecified atom stereocenters. The molecule has 7 heteroatoms. The molecule has 2 aliphatic rings. The second-order valence-corrected chi connectivity index (χ2v) is 7.24. The third-order valence-electron chi connectivity index (χ3n) is 4.96. The summed E-state index contributed by atoms with van der Waals surface area (Å²) < 4.78 is 0. The minimum absolute atomic E-state index is 0.136. The summed E-state index contributed by atoms with van der Waals surface area (Å²) in [7, 11) is 0. The summed E-state index contributed by atoms with van der Waals surface area (Å²) in [6, 6.07) is 6.44. The van der Waals surface area contributed by atoms with Crippen molar-refractivity contribution in [1.82, 2.24) is 15.5 Å². The molecule has 1 saturated heterocycles. The zero-order valence-corrected chi connectivity index (χ0v) is 14.9. The SMILES string of the molecule is CC1(c2ccccc2Cl)NC(=O)N(CC(=O)NC2CCCCC2)C1=O. The molecule has 0 aromatic heterocycles. The van der Waals surface area contributed by atoms with Crippen LogP contribution in [-0.2, 0) is 15.1 Å². The third kappa shape index (κ3) is 3.49. The monoisotopic (exact) mass is 363 g/mol. The summed E-state index contributed by atoms with van der Waals surface area (Å²) in [5.41, 5.74) is -0.745. The summed E-state index contributed by atoms with van der Waals surface area (Å²) in [6.07, 6.45) is 5.28. The van der Waals surface area contributed by atoms with Gasteiger partial charge >= 0.3 is 6.03 Å². The zero-order chi connectivity index (χ0) is 18.0. The van der Waals surface area contributed by atoms with E-state index in [-0.39, 0.29) is 18.5 Å². The van der Waals surface area contributed by atoms with Gasteiger partial charge in [-0.3, -0.25) is 14.5 Å². The number of hydrogen-bond acceptors (Lipinski definition) is 3. The van der Waals surface area contributed by atoms with Crippen molar-refractivity contribution in [2.45, 2.75) is 50.6 Å². The second kappa shape index (κ2) is 7.04. The number of urea groups is 1. The zero-order valence-electron chi connectivity index (χ0n) is 14.2. The Morgan fingerprint density at radius 1 is 1.28 bits per heavy atom. The first-order chi connectivity index (χ1) is 11.9. The minimum atomic E-state index is -1.26. The molecule has 1 aromatic rings.